The molecule has 0 fully saturated rings. The van der Waals surface area contributed by atoms with Crippen LogP contribution < -0.4 is 10.6 Å². The molecule has 4 nitrogen and oxygen atoms in total. The topological polar surface area (TPSA) is 54.3 Å². The molecule has 1 aromatic rings. The van der Waals surface area contributed by atoms with Crippen molar-refractivity contribution in [3.63, 3.8) is 0 Å². The minimum absolute atomic E-state index is 0.00338. The fourth-order valence-corrected chi connectivity index (χ4v) is 1.41. The van der Waals surface area contributed by atoms with Crippen LogP contribution in [0.4, 0.5) is 0 Å². The van der Waals surface area contributed by atoms with Gasteiger partial charge < -0.3 is 9.73 Å². The average molecular weight is 259 g/mol. The van der Waals surface area contributed by atoms with E-state index in [-0.39, 0.29) is 11.9 Å². The summed E-state index contributed by atoms with van der Waals surface area (Å²) >= 11 is 5.65. The molecule has 0 radical (unpaired) electrons. The number of carbonyl (C=O) groups excluding carboxylic acids is 1. The van der Waals surface area contributed by atoms with Gasteiger partial charge in [0.25, 0.3) is 0 Å². The van der Waals surface area contributed by atoms with Crippen LogP contribution in [0.15, 0.2) is 16.5 Å². The van der Waals surface area contributed by atoms with Crippen molar-refractivity contribution in [2.75, 3.05) is 6.54 Å². The first-order chi connectivity index (χ1) is 7.99. The van der Waals surface area contributed by atoms with Crippen molar-refractivity contribution in [3.8, 4) is 0 Å². The summed E-state index contributed by atoms with van der Waals surface area (Å²) in [5.74, 6) is 1.17. The summed E-state index contributed by atoms with van der Waals surface area (Å²) in [6.45, 7) is 7.12. The van der Waals surface area contributed by atoms with E-state index >= 15 is 0 Å². The second-order valence-corrected chi connectivity index (χ2v) is 4.82. The van der Waals surface area contributed by atoms with Crippen LogP contribution in [-0.2, 0) is 11.3 Å². The van der Waals surface area contributed by atoms with Crippen molar-refractivity contribution in [2.24, 2.45) is 5.92 Å². The summed E-state index contributed by atoms with van der Waals surface area (Å²) in [6.07, 6.45) is 0. The number of halogens is 1. The van der Waals surface area contributed by atoms with Crippen LogP contribution in [0.1, 0.15) is 26.5 Å². The molecular formula is C12H19ClN2O2. The van der Waals surface area contributed by atoms with Gasteiger partial charge in [-0.2, -0.15) is 0 Å². The van der Waals surface area contributed by atoms with Crippen molar-refractivity contribution in [3.05, 3.63) is 23.1 Å². The second-order valence-electron chi connectivity index (χ2n) is 4.45. The number of nitrogens with one attached hydrogen (secondary N) is 2. The van der Waals surface area contributed by atoms with Crippen LogP contribution in [0.25, 0.3) is 0 Å². The lowest BCUT2D eigenvalue weighted by molar-refractivity contribution is -0.122. The molecule has 0 saturated carbocycles. The van der Waals surface area contributed by atoms with Crippen molar-refractivity contribution in [1.82, 2.24) is 10.6 Å². The van der Waals surface area contributed by atoms with Gasteiger partial charge in [0.05, 0.1) is 12.6 Å². The number of hydrogen-bond acceptors (Lipinski definition) is 3. The molecule has 1 atom stereocenters. The highest BCUT2D eigenvalue weighted by molar-refractivity contribution is 6.28. The van der Waals surface area contributed by atoms with Gasteiger partial charge >= 0.3 is 0 Å². The molecule has 0 aliphatic heterocycles. The molecule has 0 spiro atoms. The van der Waals surface area contributed by atoms with Crippen LogP contribution >= 0.6 is 11.6 Å². The van der Waals surface area contributed by atoms with E-state index in [9.17, 15) is 4.79 Å². The molecule has 1 amide bonds. The van der Waals surface area contributed by atoms with Gasteiger partial charge in [0.15, 0.2) is 5.22 Å². The molecular weight excluding hydrogens is 240 g/mol. The molecule has 1 aromatic heterocycles. The van der Waals surface area contributed by atoms with E-state index in [1.165, 1.54) is 0 Å². The summed E-state index contributed by atoms with van der Waals surface area (Å²) in [4.78, 5) is 11.6. The first kappa shape index (κ1) is 14.1. The normalized spacial score (nSPS) is 12.8. The Balaban J connectivity index is 2.29. The van der Waals surface area contributed by atoms with Crippen molar-refractivity contribution < 1.29 is 9.21 Å². The quantitative estimate of drug-likeness (QED) is 0.822. The lowest BCUT2D eigenvalue weighted by Gasteiger charge is -2.14. The zero-order valence-corrected chi connectivity index (χ0v) is 11.2. The Labute approximate surface area is 107 Å². The Morgan fingerprint density at radius 1 is 1.41 bits per heavy atom. The number of rotatable bonds is 6. The van der Waals surface area contributed by atoms with E-state index in [0.29, 0.717) is 24.2 Å². The summed E-state index contributed by atoms with van der Waals surface area (Å²) in [5, 5.41) is 6.30. The zero-order chi connectivity index (χ0) is 12.8. The number of furan rings is 1. The first-order valence-corrected chi connectivity index (χ1v) is 6.12. The zero-order valence-electron chi connectivity index (χ0n) is 10.4. The van der Waals surface area contributed by atoms with E-state index in [1.807, 2.05) is 6.92 Å². The largest absolute Gasteiger partial charge is 0.448 e. The molecule has 96 valence electrons. The fourth-order valence-electron chi connectivity index (χ4n) is 1.25. The maximum atomic E-state index is 11.6. The lowest BCUT2D eigenvalue weighted by atomic mass is 10.2. The smallest absolute Gasteiger partial charge is 0.236 e. The van der Waals surface area contributed by atoms with Gasteiger partial charge in [-0.25, -0.2) is 0 Å². The van der Waals surface area contributed by atoms with E-state index < -0.39 is 0 Å². The van der Waals surface area contributed by atoms with Gasteiger partial charge in [-0.1, -0.05) is 13.8 Å². The summed E-state index contributed by atoms with van der Waals surface area (Å²) in [6, 6.07) is 3.22. The number of carbonyl (C=O) groups is 1. The van der Waals surface area contributed by atoms with Crippen molar-refractivity contribution in [2.45, 2.75) is 33.4 Å². The number of hydrogen-bond donors (Lipinski definition) is 2. The predicted octanol–water partition coefficient (Wildman–Crippen LogP) is 2.18. The highest BCUT2D eigenvalue weighted by atomic mass is 35.5. The number of amides is 1. The minimum Gasteiger partial charge on any atom is -0.448 e. The molecule has 1 rings (SSSR count). The molecule has 17 heavy (non-hydrogen) atoms. The molecule has 0 aliphatic carbocycles. The summed E-state index contributed by atoms with van der Waals surface area (Å²) in [7, 11) is 0. The lowest BCUT2D eigenvalue weighted by Crippen LogP contribution is -2.42. The third-order valence-electron chi connectivity index (χ3n) is 2.29. The molecule has 0 aromatic carbocycles. The van der Waals surface area contributed by atoms with Crippen LogP contribution in [0.3, 0.4) is 0 Å². The maximum Gasteiger partial charge on any atom is 0.236 e. The van der Waals surface area contributed by atoms with E-state index in [4.69, 9.17) is 16.0 Å². The van der Waals surface area contributed by atoms with Gasteiger partial charge in [0.2, 0.25) is 5.91 Å². The van der Waals surface area contributed by atoms with Gasteiger partial charge in [0.1, 0.15) is 5.76 Å². The minimum atomic E-state index is -0.252. The van der Waals surface area contributed by atoms with Gasteiger partial charge in [0, 0.05) is 6.54 Å². The van der Waals surface area contributed by atoms with Crippen LogP contribution in [0.5, 0.6) is 0 Å². The van der Waals surface area contributed by atoms with Crippen LogP contribution in [0, 0.1) is 5.92 Å². The molecule has 2 N–H and O–H groups in total. The second kappa shape index (κ2) is 6.67. The highest BCUT2D eigenvalue weighted by Crippen LogP contribution is 2.12. The summed E-state index contributed by atoms with van der Waals surface area (Å²) in [5.41, 5.74) is 0. The Hall–Kier alpha value is -1.00. The first-order valence-electron chi connectivity index (χ1n) is 5.74. The van der Waals surface area contributed by atoms with E-state index in [1.54, 1.807) is 12.1 Å². The average Bonchev–Trinajstić information content (AvgIpc) is 2.68. The van der Waals surface area contributed by atoms with Crippen molar-refractivity contribution in [1.29, 1.82) is 0 Å². The van der Waals surface area contributed by atoms with Crippen LogP contribution in [0.2, 0.25) is 5.22 Å². The Morgan fingerprint density at radius 2 is 2.12 bits per heavy atom. The Bertz CT molecular complexity index is 363. The summed E-state index contributed by atoms with van der Waals surface area (Å²) < 4.78 is 5.18. The molecule has 1 heterocycles. The molecule has 0 saturated heterocycles. The maximum absolute atomic E-state index is 11.6. The van der Waals surface area contributed by atoms with Crippen molar-refractivity contribution >= 4 is 17.5 Å². The van der Waals surface area contributed by atoms with Gasteiger partial charge in [-0.15, -0.1) is 0 Å². The molecule has 0 bridgehead atoms. The predicted molar refractivity (Wildman–Crippen MR) is 67.9 cm³/mol. The molecule has 5 heteroatoms. The third-order valence-corrected chi connectivity index (χ3v) is 2.49. The fraction of sp³-hybridized carbons (Fsp3) is 0.583. The SMILES string of the molecule is CC(C)CNC(=O)C(C)NCc1ccc(Cl)o1. The Morgan fingerprint density at radius 3 is 2.65 bits per heavy atom. The van der Waals surface area contributed by atoms with Gasteiger partial charge in [-0.05, 0) is 36.6 Å². The molecule has 1 unspecified atom stereocenters. The van der Waals surface area contributed by atoms with Gasteiger partial charge in [-0.3, -0.25) is 10.1 Å². The highest BCUT2D eigenvalue weighted by Gasteiger charge is 2.12. The molecule has 0 aliphatic rings. The van der Waals surface area contributed by atoms with Crippen LogP contribution in [-0.4, -0.2) is 18.5 Å². The van der Waals surface area contributed by atoms with E-state index in [2.05, 4.69) is 24.5 Å². The standard InChI is InChI=1S/C12H19ClN2O2/c1-8(2)6-15-12(16)9(3)14-7-10-4-5-11(13)17-10/h4-5,8-9,14H,6-7H2,1-3H3,(H,15,16). The third kappa shape index (κ3) is 5.24. The Kier molecular flexibility index (Phi) is 5.51. The monoisotopic (exact) mass is 258 g/mol. The van der Waals surface area contributed by atoms with E-state index in [0.717, 1.165) is 5.76 Å².